The molecular formula is C27H29N7O5. The number of rotatable bonds is 10. The van der Waals surface area contributed by atoms with Gasteiger partial charge in [0.15, 0.2) is 0 Å². The zero-order chi connectivity index (χ0) is 27.9. The Kier molecular flexibility index (Phi) is 8.46. The Morgan fingerprint density at radius 1 is 1.08 bits per heavy atom. The standard InChI is InChI=1S/C27H29N7O5/c1-16(28-2)25(37)33-21-14-30-24(18-8-4-3-5-9-18)34(27(21)39)15-23(36)29-13-17-7-6-10-19(11-17)31-26(38)20-12-22(35)32-20/h3-11,14,16,20,28H,12-13,15H2,1-2H3,(H,29,36)(H,31,38)(H,32,35)(H,33,37). The fourth-order valence-electron chi connectivity index (χ4n) is 3.82. The van der Waals surface area contributed by atoms with Gasteiger partial charge in [0.2, 0.25) is 23.6 Å². The molecular weight excluding hydrogens is 502 g/mol. The van der Waals surface area contributed by atoms with Gasteiger partial charge in [-0.15, -0.1) is 0 Å². The predicted molar refractivity (Wildman–Crippen MR) is 145 cm³/mol. The van der Waals surface area contributed by atoms with E-state index in [0.717, 1.165) is 5.56 Å². The number of likely N-dealkylation sites (N-methyl/N-ethyl adjacent to an activating group) is 1. The molecule has 0 bridgehead atoms. The van der Waals surface area contributed by atoms with Gasteiger partial charge in [-0.3, -0.25) is 28.5 Å². The van der Waals surface area contributed by atoms with Crippen LogP contribution in [0.4, 0.5) is 11.4 Å². The minimum Gasteiger partial charge on any atom is -0.350 e. The zero-order valence-electron chi connectivity index (χ0n) is 21.5. The first kappa shape index (κ1) is 27.2. The van der Waals surface area contributed by atoms with Crippen molar-refractivity contribution in [3.8, 4) is 11.4 Å². The molecule has 2 unspecified atom stereocenters. The Morgan fingerprint density at radius 3 is 2.51 bits per heavy atom. The Labute approximate surface area is 224 Å². The third-order valence-corrected chi connectivity index (χ3v) is 6.19. The number of aromatic nitrogens is 2. The van der Waals surface area contributed by atoms with E-state index in [1.807, 2.05) is 6.07 Å². The number of carbonyl (C=O) groups excluding carboxylic acids is 4. The summed E-state index contributed by atoms with van der Waals surface area (Å²) >= 11 is 0. The quantitative estimate of drug-likeness (QED) is 0.239. The minimum absolute atomic E-state index is 0.0410. The molecule has 39 heavy (non-hydrogen) atoms. The van der Waals surface area contributed by atoms with E-state index in [1.165, 1.54) is 10.8 Å². The van der Waals surface area contributed by atoms with Crippen LogP contribution in [0.15, 0.2) is 65.6 Å². The van der Waals surface area contributed by atoms with Crippen molar-refractivity contribution >= 4 is 35.0 Å². The maximum Gasteiger partial charge on any atom is 0.278 e. The van der Waals surface area contributed by atoms with Crippen LogP contribution in [0.3, 0.4) is 0 Å². The molecule has 4 amide bonds. The van der Waals surface area contributed by atoms with Gasteiger partial charge in [-0.05, 0) is 31.7 Å². The highest BCUT2D eigenvalue weighted by molar-refractivity contribution is 6.03. The van der Waals surface area contributed by atoms with Gasteiger partial charge in [-0.2, -0.15) is 0 Å². The molecule has 0 aliphatic carbocycles. The predicted octanol–water partition coefficient (Wildman–Crippen LogP) is 0.600. The molecule has 202 valence electrons. The molecule has 1 saturated heterocycles. The Balaban J connectivity index is 1.48. The second-order valence-corrected chi connectivity index (χ2v) is 9.04. The summed E-state index contributed by atoms with van der Waals surface area (Å²) in [4.78, 5) is 66.2. The molecule has 2 heterocycles. The van der Waals surface area contributed by atoms with Gasteiger partial charge in [-0.25, -0.2) is 4.98 Å². The number of benzene rings is 2. The van der Waals surface area contributed by atoms with Crippen LogP contribution in [0.2, 0.25) is 0 Å². The van der Waals surface area contributed by atoms with Crippen LogP contribution in [0.25, 0.3) is 11.4 Å². The Bertz CT molecular complexity index is 1450. The second kappa shape index (κ2) is 12.1. The third kappa shape index (κ3) is 6.73. The summed E-state index contributed by atoms with van der Waals surface area (Å²) in [5, 5.41) is 13.4. The number of amides is 4. The van der Waals surface area contributed by atoms with Crippen LogP contribution in [0.1, 0.15) is 18.9 Å². The smallest absolute Gasteiger partial charge is 0.278 e. The molecule has 0 spiro atoms. The first-order valence-electron chi connectivity index (χ1n) is 12.3. The summed E-state index contributed by atoms with van der Waals surface area (Å²) in [5.41, 5.74) is 1.27. The monoisotopic (exact) mass is 531 g/mol. The average Bonchev–Trinajstić information content (AvgIpc) is 2.92. The summed E-state index contributed by atoms with van der Waals surface area (Å²) in [6.07, 6.45) is 1.44. The average molecular weight is 532 g/mol. The molecule has 5 N–H and O–H groups in total. The summed E-state index contributed by atoms with van der Waals surface area (Å²) in [6, 6.07) is 14.8. The molecule has 1 aliphatic rings. The van der Waals surface area contributed by atoms with Crippen LogP contribution in [0.5, 0.6) is 0 Å². The molecule has 1 aromatic heterocycles. The first-order chi connectivity index (χ1) is 18.7. The lowest BCUT2D eigenvalue weighted by molar-refractivity contribution is -0.134. The lowest BCUT2D eigenvalue weighted by Gasteiger charge is -2.25. The molecule has 12 nitrogen and oxygen atoms in total. The van der Waals surface area contributed by atoms with Crippen molar-refractivity contribution in [2.75, 3.05) is 17.7 Å². The molecule has 0 radical (unpaired) electrons. The van der Waals surface area contributed by atoms with Crippen molar-refractivity contribution in [2.24, 2.45) is 0 Å². The molecule has 12 heteroatoms. The van der Waals surface area contributed by atoms with Crippen molar-refractivity contribution in [3.63, 3.8) is 0 Å². The fourth-order valence-corrected chi connectivity index (χ4v) is 3.82. The largest absolute Gasteiger partial charge is 0.350 e. The molecule has 1 fully saturated rings. The first-order valence-corrected chi connectivity index (χ1v) is 12.3. The van der Waals surface area contributed by atoms with E-state index < -0.39 is 29.5 Å². The number of hydrogen-bond donors (Lipinski definition) is 5. The van der Waals surface area contributed by atoms with Gasteiger partial charge < -0.3 is 26.6 Å². The van der Waals surface area contributed by atoms with Gasteiger partial charge in [0, 0.05) is 17.8 Å². The molecule has 2 atom stereocenters. The lowest BCUT2D eigenvalue weighted by atomic mass is 10.1. The van der Waals surface area contributed by atoms with E-state index in [9.17, 15) is 24.0 Å². The van der Waals surface area contributed by atoms with Gasteiger partial charge in [0.1, 0.15) is 24.1 Å². The van der Waals surface area contributed by atoms with Gasteiger partial charge in [0.25, 0.3) is 5.56 Å². The van der Waals surface area contributed by atoms with Crippen molar-refractivity contribution in [2.45, 2.75) is 38.5 Å². The maximum atomic E-state index is 13.3. The van der Waals surface area contributed by atoms with Crippen LogP contribution in [0, 0.1) is 0 Å². The van der Waals surface area contributed by atoms with E-state index >= 15 is 0 Å². The number of β-lactam (4-membered cyclic amide) rings is 1. The van der Waals surface area contributed by atoms with E-state index in [-0.39, 0.29) is 42.8 Å². The van der Waals surface area contributed by atoms with Crippen LogP contribution in [-0.2, 0) is 32.3 Å². The number of carbonyl (C=O) groups is 4. The van der Waals surface area contributed by atoms with Crippen molar-refractivity contribution in [1.29, 1.82) is 0 Å². The van der Waals surface area contributed by atoms with Crippen LogP contribution in [-0.4, -0.2) is 52.3 Å². The fraction of sp³-hybridized carbons (Fsp3) is 0.259. The van der Waals surface area contributed by atoms with Crippen molar-refractivity contribution < 1.29 is 19.2 Å². The van der Waals surface area contributed by atoms with Crippen molar-refractivity contribution in [1.82, 2.24) is 25.5 Å². The lowest BCUT2D eigenvalue weighted by Crippen LogP contribution is -2.55. The molecule has 2 aromatic carbocycles. The van der Waals surface area contributed by atoms with Crippen LogP contribution < -0.4 is 32.1 Å². The Morgan fingerprint density at radius 2 is 1.82 bits per heavy atom. The highest BCUT2D eigenvalue weighted by Gasteiger charge is 2.31. The number of hydrogen-bond acceptors (Lipinski definition) is 7. The number of nitrogens with one attached hydrogen (secondary N) is 5. The normalized spacial score (nSPS) is 14.9. The van der Waals surface area contributed by atoms with Gasteiger partial charge in [-0.1, -0.05) is 42.5 Å². The number of nitrogens with zero attached hydrogens (tertiary/aromatic N) is 2. The SMILES string of the molecule is CNC(C)C(=O)Nc1cnc(-c2ccccc2)n(CC(=O)NCc2cccc(NC(=O)C3CC(=O)N3)c2)c1=O. The third-order valence-electron chi connectivity index (χ3n) is 6.19. The van der Waals surface area contributed by atoms with E-state index in [4.69, 9.17) is 0 Å². The van der Waals surface area contributed by atoms with E-state index in [0.29, 0.717) is 11.3 Å². The summed E-state index contributed by atoms with van der Waals surface area (Å²) in [7, 11) is 1.63. The van der Waals surface area contributed by atoms with E-state index in [1.54, 1.807) is 62.5 Å². The highest BCUT2D eigenvalue weighted by Crippen LogP contribution is 2.17. The summed E-state index contributed by atoms with van der Waals surface area (Å²) < 4.78 is 1.22. The number of anilines is 2. The summed E-state index contributed by atoms with van der Waals surface area (Å²) in [6.45, 7) is 1.46. The molecule has 0 saturated carbocycles. The van der Waals surface area contributed by atoms with Crippen LogP contribution >= 0.6 is 0 Å². The summed E-state index contributed by atoms with van der Waals surface area (Å²) in [5.74, 6) is -1.06. The van der Waals surface area contributed by atoms with E-state index in [2.05, 4.69) is 31.6 Å². The highest BCUT2D eigenvalue weighted by atomic mass is 16.2. The molecule has 1 aliphatic heterocycles. The molecule has 4 rings (SSSR count). The minimum atomic E-state index is -0.566. The second-order valence-electron chi connectivity index (χ2n) is 9.04. The zero-order valence-corrected chi connectivity index (χ0v) is 21.5. The maximum absolute atomic E-state index is 13.3. The molecule has 3 aromatic rings. The van der Waals surface area contributed by atoms with Crippen molar-refractivity contribution in [3.05, 3.63) is 76.7 Å². The topological polar surface area (TPSA) is 163 Å². The van der Waals surface area contributed by atoms with Gasteiger partial charge in [0.05, 0.1) is 18.7 Å². The van der Waals surface area contributed by atoms with Gasteiger partial charge >= 0.3 is 0 Å². The Hall–Kier alpha value is -4.84.